The zero-order chi connectivity index (χ0) is 19.9. The average molecular weight is 383 g/mol. The number of carbonyl (C=O) groups is 2. The van der Waals surface area contributed by atoms with Crippen LogP contribution in [-0.4, -0.2) is 38.7 Å². The van der Waals surface area contributed by atoms with Crippen LogP contribution >= 0.6 is 0 Å². The summed E-state index contributed by atoms with van der Waals surface area (Å²) < 4.78 is 21.3. The van der Waals surface area contributed by atoms with Crippen molar-refractivity contribution in [2.75, 3.05) is 26.9 Å². The minimum atomic E-state index is -0.672. The molecular weight excluding hydrogens is 362 g/mol. The van der Waals surface area contributed by atoms with Crippen molar-refractivity contribution in [2.24, 2.45) is 0 Å². The van der Waals surface area contributed by atoms with E-state index < -0.39 is 18.5 Å². The van der Waals surface area contributed by atoms with Crippen LogP contribution in [-0.2, 0) is 9.53 Å². The van der Waals surface area contributed by atoms with Crippen molar-refractivity contribution < 1.29 is 28.2 Å². The van der Waals surface area contributed by atoms with Gasteiger partial charge in [-0.05, 0) is 25.1 Å². The topological polar surface area (TPSA) is 87.0 Å². The van der Waals surface area contributed by atoms with Crippen molar-refractivity contribution in [3.05, 3.63) is 59.9 Å². The lowest BCUT2D eigenvalue weighted by Crippen LogP contribution is -2.32. The highest BCUT2D eigenvalue weighted by Gasteiger charge is 2.19. The molecule has 146 valence electrons. The van der Waals surface area contributed by atoms with Crippen molar-refractivity contribution in [3.63, 3.8) is 0 Å². The summed E-state index contributed by atoms with van der Waals surface area (Å²) in [4.78, 5) is 24.1. The summed E-state index contributed by atoms with van der Waals surface area (Å²) in [7, 11) is 1.56. The minimum absolute atomic E-state index is 0.105. The van der Waals surface area contributed by atoms with Crippen LogP contribution in [0.15, 0.2) is 52.9 Å². The molecule has 0 radical (unpaired) electrons. The number of furan rings is 1. The number of benzene rings is 2. The van der Waals surface area contributed by atoms with Gasteiger partial charge >= 0.3 is 5.97 Å². The van der Waals surface area contributed by atoms with Crippen LogP contribution in [0.25, 0.3) is 11.0 Å². The van der Waals surface area contributed by atoms with Crippen LogP contribution in [0.4, 0.5) is 0 Å². The van der Waals surface area contributed by atoms with E-state index in [0.717, 1.165) is 5.39 Å². The molecule has 3 aromatic rings. The van der Waals surface area contributed by atoms with Crippen LogP contribution in [0.1, 0.15) is 16.1 Å². The molecule has 2 aromatic carbocycles. The SMILES string of the molecule is COc1ccccc1OCCNC(=O)COC(=O)c1oc2ccccc2c1C. The number of esters is 1. The van der Waals surface area contributed by atoms with Gasteiger partial charge in [-0.25, -0.2) is 4.79 Å². The van der Waals surface area contributed by atoms with Crippen molar-refractivity contribution in [1.82, 2.24) is 5.32 Å². The number of rotatable bonds is 8. The van der Waals surface area contributed by atoms with E-state index in [0.29, 0.717) is 22.6 Å². The van der Waals surface area contributed by atoms with Crippen LogP contribution in [0.3, 0.4) is 0 Å². The maximum Gasteiger partial charge on any atom is 0.375 e. The van der Waals surface area contributed by atoms with Gasteiger partial charge in [0.1, 0.15) is 12.2 Å². The van der Waals surface area contributed by atoms with Crippen molar-refractivity contribution >= 4 is 22.8 Å². The average Bonchev–Trinajstić information content (AvgIpc) is 3.06. The Morgan fingerprint density at radius 3 is 2.50 bits per heavy atom. The van der Waals surface area contributed by atoms with Crippen LogP contribution < -0.4 is 14.8 Å². The number of para-hydroxylation sites is 3. The Balaban J connectivity index is 1.44. The van der Waals surface area contributed by atoms with Gasteiger partial charge in [0.25, 0.3) is 5.91 Å². The second-order valence-corrected chi connectivity index (χ2v) is 5.98. The second-order valence-electron chi connectivity index (χ2n) is 5.98. The van der Waals surface area contributed by atoms with Crippen molar-refractivity contribution in [2.45, 2.75) is 6.92 Å². The van der Waals surface area contributed by atoms with Crippen molar-refractivity contribution in [3.8, 4) is 11.5 Å². The van der Waals surface area contributed by atoms with E-state index in [9.17, 15) is 9.59 Å². The molecule has 3 rings (SSSR count). The molecule has 0 saturated carbocycles. The number of carbonyl (C=O) groups excluding carboxylic acids is 2. The lowest BCUT2D eigenvalue weighted by atomic mass is 10.1. The molecule has 0 spiro atoms. The molecule has 0 atom stereocenters. The van der Waals surface area contributed by atoms with Crippen LogP contribution in [0, 0.1) is 6.92 Å². The summed E-state index contributed by atoms with van der Waals surface area (Å²) in [5, 5.41) is 3.47. The molecule has 0 aliphatic heterocycles. The zero-order valence-corrected chi connectivity index (χ0v) is 15.7. The van der Waals surface area contributed by atoms with Crippen molar-refractivity contribution in [1.29, 1.82) is 0 Å². The molecule has 7 nitrogen and oxygen atoms in total. The zero-order valence-electron chi connectivity index (χ0n) is 15.7. The summed E-state index contributed by atoms with van der Waals surface area (Å²) in [5.41, 5.74) is 1.29. The minimum Gasteiger partial charge on any atom is -0.493 e. The molecule has 0 unspecified atom stereocenters. The summed E-state index contributed by atoms with van der Waals surface area (Å²) in [6.45, 7) is 1.89. The smallest absolute Gasteiger partial charge is 0.375 e. The number of hydrogen-bond donors (Lipinski definition) is 1. The number of nitrogens with one attached hydrogen (secondary N) is 1. The Bertz CT molecular complexity index is 978. The first-order valence-corrected chi connectivity index (χ1v) is 8.78. The van der Waals surface area contributed by atoms with Gasteiger partial charge in [0.05, 0.1) is 13.7 Å². The number of hydrogen-bond acceptors (Lipinski definition) is 6. The lowest BCUT2D eigenvalue weighted by Gasteiger charge is -2.10. The molecule has 1 amide bonds. The van der Waals surface area contributed by atoms with E-state index in [1.165, 1.54) is 0 Å². The molecule has 28 heavy (non-hydrogen) atoms. The molecule has 0 bridgehead atoms. The predicted molar refractivity (Wildman–Crippen MR) is 103 cm³/mol. The van der Waals surface area contributed by atoms with E-state index in [2.05, 4.69) is 5.32 Å². The number of fused-ring (bicyclic) bond motifs is 1. The molecule has 1 N–H and O–H groups in total. The first-order chi connectivity index (χ1) is 13.6. The highest BCUT2D eigenvalue weighted by molar-refractivity contribution is 5.96. The van der Waals surface area contributed by atoms with E-state index in [-0.39, 0.29) is 18.9 Å². The summed E-state index contributed by atoms with van der Waals surface area (Å²) in [6.07, 6.45) is 0. The molecular formula is C21H21NO6. The van der Waals surface area contributed by atoms with E-state index in [1.54, 1.807) is 32.2 Å². The molecule has 0 saturated heterocycles. The first kappa shape index (κ1) is 19.3. The standard InChI is InChI=1S/C21H21NO6/c1-14-15-7-3-4-8-16(15)28-20(14)21(24)27-13-19(23)22-11-12-26-18-10-6-5-9-17(18)25-2/h3-10H,11-13H2,1-2H3,(H,22,23). The molecule has 0 fully saturated rings. The van der Waals surface area contributed by atoms with Gasteiger partial charge in [-0.3, -0.25) is 4.79 Å². The molecule has 0 aliphatic rings. The molecule has 1 aromatic heterocycles. The Hall–Kier alpha value is -3.48. The highest BCUT2D eigenvalue weighted by atomic mass is 16.5. The predicted octanol–water partition coefficient (Wildman–Crippen LogP) is 3.10. The number of amides is 1. The number of methoxy groups -OCH3 is 1. The lowest BCUT2D eigenvalue weighted by molar-refractivity contribution is -0.124. The Morgan fingerprint density at radius 2 is 1.75 bits per heavy atom. The van der Waals surface area contributed by atoms with Gasteiger partial charge in [0.15, 0.2) is 18.1 Å². The highest BCUT2D eigenvalue weighted by Crippen LogP contribution is 2.26. The van der Waals surface area contributed by atoms with Gasteiger partial charge in [-0.1, -0.05) is 30.3 Å². The van der Waals surface area contributed by atoms with Gasteiger partial charge in [-0.2, -0.15) is 0 Å². The normalized spacial score (nSPS) is 10.5. The van der Waals surface area contributed by atoms with E-state index >= 15 is 0 Å². The fraction of sp³-hybridized carbons (Fsp3) is 0.238. The summed E-state index contributed by atoms with van der Waals surface area (Å²) in [5.74, 6) is 0.211. The van der Waals surface area contributed by atoms with Crippen LogP contribution in [0.5, 0.6) is 11.5 Å². The van der Waals surface area contributed by atoms with Crippen LogP contribution in [0.2, 0.25) is 0 Å². The Morgan fingerprint density at radius 1 is 1.04 bits per heavy atom. The first-order valence-electron chi connectivity index (χ1n) is 8.78. The largest absolute Gasteiger partial charge is 0.493 e. The second kappa shape index (κ2) is 8.94. The third kappa shape index (κ3) is 4.43. The molecule has 1 heterocycles. The molecule has 7 heteroatoms. The third-order valence-electron chi connectivity index (χ3n) is 4.11. The van der Waals surface area contributed by atoms with E-state index in [1.807, 2.05) is 30.3 Å². The molecule has 0 aliphatic carbocycles. The van der Waals surface area contributed by atoms with Gasteiger partial charge < -0.3 is 23.9 Å². The quantitative estimate of drug-likeness (QED) is 0.475. The van der Waals surface area contributed by atoms with Gasteiger partial charge in [0.2, 0.25) is 5.76 Å². The fourth-order valence-electron chi connectivity index (χ4n) is 2.71. The summed E-state index contributed by atoms with van der Waals surface area (Å²) >= 11 is 0. The maximum absolute atomic E-state index is 12.2. The Labute approximate surface area is 162 Å². The van der Waals surface area contributed by atoms with E-state index in [4.69, 9.17) is 18.6 Å². The summed E-state index contributed by atoms with van der Waals surface area (Å²) in [6, 6.07) is 14.5. The maximum atomic E-state index is 12.2. The van der Waals surface area contributed by atoms with Gasteiger partial charge in [-0.15, -0.1) is 0 Å². The monoisotopic (exact) mass is 383 g/mol. The van der Waals surface area contributed by atoms with Gasteiger partial charge in [0, 0.05) is 10.9 Å². The Kier molecular flexibility index (Phi) is 6.16. The number of ether oxygens (including phenoxy) is 3. The number of aryl methyl sites for hydroxylation is 1. The third-order valence-corrected chi connectivity index (χ3v) is 4.11. The fourth-order valence-corrected chi connectivity index (χ4v) is 2.71.